The number of nitrogens with one attached hydrogen (secondary N) is 2. The summed E-state index contributed by atoms with van der Waals surface area (Å²) in [5.41, 5.74) is 2.16. The average molecular weight is 394 g/mol. The number of pyridine rings is 1. The summed E-state index contributed by atoms with van der Waals surface area (Å²) in [5, 5.41) is 7.05. The highest BCUT2D eigenvalue weighted by atomic mass is 16.5. The molecule has 2 N–H and O–H groups in total. The van der Waals surface area contributed by atoms with Crippen molar-refractivity contribution in [2.24, 2.45) is 4.99 Å². The number of ether oxygens (including phenoxy) is 1. The van der Waals surface area contributed by atoms with Crippen molar-refractivity contribution in [3.05, 3.63) is 53.7 Å². The molecule has 1 saturated heterocycles. The van der Waals surface area contributed by atoms with Gasteiger partial charge < -0.3 is 20.3 Å². The molecule has 2 aromatic rings. The summed E-state index contributed by atoms with van der Waals surface area (Å²) in [6, 6.07) is 12.6. The van der Waals surface area contributed by atoms with Crippen LogP contribution < -0.4 is 20.3 Å². The van der Waals surface area contributed by atoms with E-state index in [0.29, 0.717) is 6.54 Å². The second-order valence-corrected chi connectivity index (χ2v) is 8.44. The van der Waals surface area contributed by atoms with Crippen LogP contribution in [-0.2, 0) is 6.54 Å². The number of rotatable bonds is 4. The molecule has 1 fully saturated rings. The Morgan fingerprint density at radius 1 is 1.24 bits per heavy atom. The maximum atomic E-state index is 6.14. The number of hydrogen-bond acceptors (Lipinski definition) is 4. The lowest BCUT2D eigenvalue weighted by atomic mass is 9.90. The van der Waals surface area contributed by atoms with Crippen molar-refractivity contribution in [1.82, 2.24) is 15.6 Å². The van der Waals surface area contributed by atoms with E-state index in [1.165, 1.54) is 24.0 Å². The van der Waals surface area contributed by atoms with Gasteiger partial charge in [-0.2, -0.15) is 0 Å². The fourth-order valence-corrected chi connectivity index (χ4v) is 4.17. The van der Waals surface area contributed by atoms with Gasteiger partial charge in [-0.25, -0.2) is 4.98 Å². The number of aliphatic imine (C=N–C) groups is 1. The topological polar surface area (TPSA) is 61.8 Å². The van der Waals surface area contributed by atoms with Crippen molar-refractivity contribution in [2.45, 2.75) is 51.3 Å². The van der Waals surface area contributed by atoms with Crippen LogP contribution in [0.25, 0.3) is 0 Å². The Balaban J connectivity index is 1.42. The van der Waals surface area contributed by atoms with E-state index < -0.39 is 0 Å². The molecule has 3 heterocycles. The fourth-order valence-electron chi connectivity index (χ4n) is 4.17. The van der Waals surface area contributed by atoms with E-state index in [-0.39, 0.29) is 11.6 Å². The molecule has 2 aliphatic heterocycles. The third-order valence-electron chi connectivity index (χ3n) is 5.61. The Hall–Kier alpha value is -2.76. The van der Waals surface area contributed by atoms with E-state index >= 15 is 0 Å². The van der Waals surface area contributed by atoms with Crippen molar-refractivity contribution in [3.63, 3.8) is 0 Å². The Morgan fingerprint density at radius 3 is 2.83 bits per heavy atom. The molecule has 154 valence electrons. The van der Waals surface area contributed by atoms with Crippen LogP contribution in [-0.4, -0.2) is 36.7 Å². The van der Waals surface area contributed by atoms with E-state index in [1.807, 2.05) is 25.4 Å². The highest BCUT2D eigenvalue weighted by molar-refractivity contribution is 5.80. The minimum atomic E-state index is -0.222. The quantitative estimate of drug-likeness (QED) is 0.613. The zero-order chi connectivity index (χ0) is 20.3. The van der Waals surface area contributed by atoms with Crippen LogP contribution in [0.5, 0.6) is 5.75 Å². The van der Waals surface area contributed by atoms with Gasteiger partial charge in [0.15, 0.2) is 5.96 Å². The van der Waals surface area contributed by atoms with Gasteiger partial charge >= 0.3 is 0 Å². The molecule has 29 heavy (non-hydrogen) atoms. The van der Waals surface area contributed by atoms with Crippen molar-refractivity contribution in [1.29, 1.82) is 0 Å². The minimum Gasteiger partial charge on any atom is -0.487 e. The molecule has 4 rings (SSSR count). The van der Waals surface area contributed by atoms with Crippen molar-refractivity contribution in [3.8, 4) is 5.75 Å². The zero-order valence-corrected chi connectivity index (χ0v) is 17.6. The lowest BCUT2D eigenvalue weighted by Gasteiger charge is -2.38. The largest absolute Gasteiger partial charge is 0.487 e. The van der Waals surface area contributed by atoms with Crippen molar-refractivity contribution >= 4 is 11.8 Å². The molecule has 0 bridgehead atoms. The molecule has 1 unspecified atom stereocenters. The van der Waals surface area contributed by atoms with Gasteiger partial charge in [0.1, 0.15) is 17.2 Å². The number of anilines is 1. The van der Waals surface area contributed by atoms with E-state index in [1.54, 1.807) is 0 Å². The number of guanidine groups is 1. The smallest absolute Gasteiger partial charge is 0.191 e. The Morgan fingerprint density at radius 2 is 2.03 bits per heavy atom. The molecule has 1 aromatic carbocycles. The first-order valence-corrected chi connectivity index (χ1v) is 10.5. The molecule has 0 saturated carbocycles. The number of hydrogen-bond donors (Lipinski definition) is 2. The predicted molar refractivity (Wildman–Crippen MR) is 118 cm³/mol. The Kier molecular flexibility index (Phi) is 5.60. The maximum Gasteiger partial charge on any atom is 0.191 e. The number of aromatic nitrogens is 1. The summed E-state index contributed by atoms with van der Waals surface area (Å²) in [6.07, 6.45) is 5.28. The zero-order valence-electron chi connectivity index (χ0n) is 17.6. The summed E-state index contributed by atoms with van der Waals surface area (Å²) in [4.78, 5) is 11.3. The second kappa shape index (κ2) is 8.31. The summed E-state index contributed by atoms with van der Waals surface area (Å²) < 4.78 is 6.14. The summed E-state index contributed by atoms with van der Waals surface area (Å²) >= 11 is 0. The lowest BCUT2D eigenvalue weighted by Crippen LogP contribution is -2.45. The van der Waals surface area contributed by atoms with Crippen LogP contribution in [0.4, 0.5) is 5.82 Å². The molecule has 0 amide bonds. The monoisotopic (exact) mass is 393 g/mol. The maximum absolute atomic E-state index is 6.14. The first-order valence-electron chi connectivity index (χ1n) is 10.5. The van der Waals surface area contributed by atoms with Crippen molar-refractivity contribution < 1.29 is 4.74 Å². The van der Waals surface area contributed by atoms with E-state index in [2.05, 4.69) is 63.6 Å². The third kappa shape index (κ3) is 4.63. The molecule has 1 atom stereocenters. The first-order chi connectivity index (χ1) is 14.0. The molecular weight excluding hydrogens is 362 g/mol. The molecule has 2 aliphatic rings. The minimum absolute atomic E-state index is 0.152. The number of benzene rings is 1. The molecule has 1 aromatic heterocycles. The van der Waals surface area contributed by atoms with E-state index in [4.69, 9.17) is 4.74 Å². The van der Waals surface area contributed by atoms with Gasteiger partial charge in [0, 0.05) is 44.9 Å². The number of nitrogens with zero attached hydrogens (tertiary/aromatic N) is 3. The summed E-state index contributed by atoms with van der Waals surface area (Å²) in [5.74, 6) is 2.81. The summed E-state index contributed by atoms with van der Waals surface area (Å²) in [6.45, 7) is 7.17. The van der Waals surface area contributed by atoms with Gasteiger partial charge in [0.2, 0.25) is 0 Å². The van der Waals surface area contributed by atoms with Crippen molar-refractivity contribution in [2.75, 3.05) is 25.0 Å². The second-order valence-electron chi connectivity index (χ2n) is 8.44. The Labute approximate surface area is 173 Å². The molecule has 0 aliphatic carbocycles. The lowest BCUT2D eigenvalue weighted by molar-refractivity contribution is 0.0694. The number of fused-ring (bicyclic) bond motifs is 1. The molecule has 0 spiro atoms. The van der Waals surface area contributed by atoms with Crippen LogP contribution in [0, 0.1) is 0 Å². The van der Waals surface area contributed by atoms with Crippen LogP contribution >= 0.6 is 0 Å². The Bertz CT molecular complexity index is 873. The fraction of sp³-hybridized carbons (Fsp3) is 0.478. The predicted octanol–water partition coefficient (Wildman–Crippen LogP) is 3.65. The highest BCUT2D eigenvalue weighted by Gasteiger charge is 2.33. The molecular formula is C23H31N5O. The highest BCUT2D eigenvalue weighted by Crippen LogP contribution is 2.39. The summed E-state index contributed by atoms with van der Waals surface area (Å²) in [7, 11) is 1.81. The van der Waals surface area contributed by atoms with Gasteiger partial charge in [-0.3, -0.25) is 4.99 Å². The standard InChI is InChI=1S/C23H31N5O/c1-23(2)15-19(18-8-4-5-9-20(18)29-23)27-22(24-3)26-16-17-10-11-25-21(14-17)28-12-6-7-13-28/h4-5,8-11,14,19H,6-7,12-13,15-16H2,1-3H3,(H2,24,26,27). The van der Waals surface area contributed by atoms with E-state index in [0.717, 1.165) is 37.0 Å². The van der Waals surface area contributed by atoms with Gasteiger partial charge in [-0.1, -0.05) is 18.2 Å². The van der Waals surface area contributed by atoms with Gasteiger partial charge in [0.25, 0.3) is 0 Å². The molecule has 0 radical (unpaired) electrons. The van der Waals surface area contributed by atoms with Crippen LogP contribution in [0.1, 0.15) is 50.3 Å². The van der Waals surface area contributed by atoms with Crippen LogP contribution in [0.3, 0.4) is 0 Å². The van der Waals surface area contributed by atoms with Gasteiger partial charge in [-0.05, 0) is 50.5 Å². The van der Waals surface area contributed by atoms with Gasteiger partial charge in [0.05, 0.1) is 6.04 Å². The van der Waals surface area contributed by atoms with Crippen LogP contribution in [0.2, 0.25) is 0 Å². The molecule has 6 nitrogen and oxygen atoms in total. The van der Waals surface area contributed by atoms with Gasteiger partial charge in [-0.15, -0.1) is 0 Å². The number of para-hydroxylation sites is 1. The SMILES string of the molecule is CN=C(NCc1ccnc(N2CCCC2)c1)NC1CC(C)(C)Oc2ccccc21. The van der Waals surface area contributed by atoms with E-state index in [9.17, 15) is 0 Å². The first kappa shape index (κ1) is 19.6. The molecule has 6 heteroatoms. The average Bonchev–Trinajstić information content (AvgIpc) is 3.25. The third-order valence-corrected chi connectivity index (χ3v) is 5.61. The van der Waals surface area contributed by atoms with Crippen LogP contribution in [0.15, 0.2) is 47.6 Å². The normalized spacial score (nSPS) is 20.7.